The zero-order valence-corrected chi connectivity index (χ0v) is 11.3. The molecule has 0 aliphatic carbocycles. The van der Waals surface area contributed by atoms with Crippen LogP contribution in [0, 0.1) is 11.8 Å². The van der Waals surface area contributed by atoms with Crippen molar-refractivity contribution in [3.05, 3.63) is 29.6 Å². The first-order chi connectivity index (χ1) is 10.0. The lowest BCUT2D eigenvalue weighted by molar-refractivity contribution is -0.145. The van der Waals surface area contributed by atoms with Gasteiger partial charge in [-0.3, -0.25) is 9.59 Å². The van der Waals surface area contributed by atoms with E-state index in [1.807, 2.05) is 0 Å². The number of rotatable bonds is 3. The molecule has 0 bridgehead atoms. The van der Waals surface area contributed by atoms with Crippen LogP contribution in [0.2, 0.25) is 0 Å². The number of nitrogens with zero attached hydrogens (tertiary/aromatic N) is 2. The summed E-state index contributed by atoms with van der Waals surface area (Å²) in [6, 6.07) is 1.12. The number of halogens is 2. The molecular formula is C13H14F2N2O4. The fourth-order valence-electron chi connectivity index (χ4n) is 2.05. The van der Waals surface area contributed by atoms with E-state index in [0.29, 0.717) is 0 Å². The molecule has 1 saturated heterocycles. The number of pyridine rings is 1. The minimum Gasteiger partial charge on any atom is -0.469 e. The smallest absolute Gasteiger partial charge is 0.308 e. The van der Waals surface area contributed by atoms with E-state index in [-0.39, 0.29) is 31.7 Å². The number of methoxy groups -OCH3 is 1. The molecule has 8 heteroatoms. The van der Waals surface area contributed by atoms with Gasteiger partial charge in [-0.1, -0.05) is 0 Å². The van der Waals surface area contributed by atoms with Gasteiger partial charge in [-0.2, -0.15) is 4.39 Å². The van der Waals surface area contributed by atoms with Crippen LogP contribution in [0.5, 0.6) is 0 Å². The maximum Gasteiger partial charge on any atom is 0.308 e. The summed E-state index contributed by atoms with van der Waals surface area (Å²) in [7, 11) is 1.25. The number of carbonyl (C=O) groups is 2. The number of hydrogen-bond donors (Lipinski definition) is 0. The Morgan fingerprint density at radius 1 is 1.52 bits per heavy atom. The van der Waals surface area contributed by atoms with Gasteiger partial charge in [-0.15, -0.1) is 0 Å². The molecule has 21 heavy (non-hydrogen) atoms. The fraction of sp³-hybridized carbons (Fsp3) is 0.462. The molecule has 1 aromatic rings. The molecule has 0 radical (unpaired) electrons. The predicted octanol–water partition coefficient (Wildman–Crippen LogP) is 0.764. The molecule has 114 valence electrons. The number of hydrogen-bond acceptors (Lipinski definition) is 5. The summed E-state index contributed by atoms with van der Waals surface area (Å²) >= 11 is 0. The van der Waals surface area contributed by atoms with Crippen molar-refractivity contribution in [3.63, 3.8) is 0 Å². The molecule has 2 heterocycles. The van der Waals surface area contributed by atoms with E-state index >= 15 is 0 Å². The van der Waals surface area contributed by atoms with Crippen LogP contribution in [0.4, 0.5) is 8.78 Å². The Hall–Kier alpha value is -2.09. The van der Waals surface area contributed by atoms with Crippen LogP contribution in [-0.2, 0) is 14.3 Å². The standard InChI is InChI=1S/C13H14F2N2O4/c1-20-10(18)6-8-7-17(4-5-21-8)13(19)9-2-3-16-12(15)11(9)14/h2-3,8H,4-7H2,1H3. The molecule has 2 rings (SSSR count). The zero-order chi connectivity index (χ0) is 15.4. The van der Waals surface area contributed by atoms with Crippen LogP contribution in [0.3, 0.4) is 0 Å². The van der Waals surface area contributed by atoms with Crippen molar-refractivity contribution in [1.82, 2.24) is 9.88 Å². The highest BCUT2D eigenvalue weighted by molar-refractivity contribution is 5.94. The summed E-state index contributed by atoms with van der Waals surface area (Å²) in [4.78, 5) is 27.8. The Bertz CT molecular complexity index is 553. The Balaban J connectivity index is 2.08. The molecule has 1 aliphatic rings. The van der Waals surface area contributed by atoms with Crippen LogP contribution in [0.1, 0.15) is 16.8 Å². The molecule has 0 saturated carbocycles. The van der Waals surface area contributed by atoms with Crippen LogP contribution in [-0.4, -0.2) is 54.7 Å². The van der Waals surface area contributed by atoms with Crippen LogP contribution >= 0.6 is 0 Å². The lowest BCUT2D eigenvalue weighted by Crippen LogP contribution is -2.46. The van der Waals surface area contributed by atoms with Gasteiger partial charge < -0.3 is 14.4 Å². The van der Waals surface area contributed by atoms with E-state index in [0.717, 1.165) is 12.3 Å². The average Bonchev–Trinajstić information content (AvgIpc) is 2.49. The van der Waals surface area contributed by atoms with Gasteiger partial charge in [0.1, 0.15) is 0 Å². The fourth-order valence-corrected chi connectivity index (χ4v) is 2.05. The van der Waals surface area contributed by atoms with Gasteiger partial charge in [0.05, 0.1) is 31.8 Å². The predicted molar refractivity (Wildman–Crippen MR) is 66.4 cm³/mol. The molecule has 1 amide bonds. The SMILES string of the molecule is COC(=O)CC1CN(C(=O)c2ccnc(F)c2F)CCO1. The first kappa shape index (κ1) is 15.3. The lowest BCUT2D eigenvalue weighted by atomic mass is 10.1. The Morgan fingerprint density at radius 2 is 2.29 bits per heavy atom. The Morgan fingerprint density at radius 3 is 3.00 bits per heavy atom. The third-order valence-corrected chi connectivity index (χ3v) is 3.13. The third-order valence-electron chi connectivity index (χ3n) is 3.13. The van der Waals surface area contributed by atoms with Gasteiger partial charge in [-0.05, 0) is 6.07 Å². The van der Waals surface area contributed by atoms with Gasteiger partial charge in [0.25, 0.3) is 5.91 Å². The summed E-state index contributed by atoms with van der Waals surface area (Å²) in [5, 5.41) is 0. The maximum atomic E-state index is 13.6. The molecule has 0 aromatic carbocycles. The van der Waals surface area contributed by atoms with Crippen molar-refractivity contribution in [2.24, 2.45) is 0 Å². The summed E-state index contributed by atoms with van der Waals surface area (Å²) in [5.41, 5.74) is -0.388. The van der Waals surface area contributed by atoms with Crippen molar-refractivity contribution < 1.29 is 27.8 Å². The minimum absolute atomic E-state index is 0.00648. The molecule has 1 unspecified atom stereocenters. The molecule has 0 N–H and O–H groups in total. The minimum atomic E-state index is -1.32. The van der Waals surface area contributed by atoms with E-state index in [2.05, 4.69) is 9.72 Å². The van der Waals surface area contributed by atoms with Crippen LogP contribution in [0.25, 0.3) is 0 Å². The lowest BCUT2D eigenvalue weighted by Gasteiger charge is -2.32. The highest BCUT2D eigenvalue weighted by Crippen LogP contribution is 2.16. The van der Waals surface area contributed by atoms with Crippen molar-refractivity contribution in [1.29, 1.82) is 0 Å². The van der Waals surface area contributed by atoms with E-state index in [1.165, 1.54) is 12.0 Å². The highest BCUT2D eigenvalue weighted by Gasteiger charge is 2.29. The van der Waals surface area contributed by atoms with Crippen molar-refractivity contribution in [2.45, 2.75) is 12.5 Å². The van der Waals surface area contributed by atoms with E-state index in [4.69, 9.17) is 4.74 Å². The Labute approximate surface area is 119 Å². The quantitative estimate of drug-likeness (QED) is 0.609. The van der Waals surface area contributed by atoms with Crippen molar-refractivity contribution in [2.75, 3.05) is 26.8 Å². The first-order valence-corrected chi connectivity index (χ1v) is 6.30. The monoisotopic (exact) mass is 300 g/mol. The molecule has 1 aromatic heterocycles. The molecule has 6 nitrogen and oxygen atoms in total. The van der Waals surface area contributed by atoms with Gasteiger partial charge in [0, 0.05) is 19.3 Å². The number of morpholine rings is 1. The highest BCUT2D eigenvalue weighted by atomic mass is 19.2. The molecular weight excluding hydrogens is 286 g/mol. The molecule has 0 spiro atoms. The second kappa shape index (κ2) is 6.57. The Kier molecular flexibility index (Phi) is 4.79. The second-order valence-electron chi connectivity index (χ2n) is 4.49. The van der Waals surface area contributed by atoms with E-state index in [1.54, 1.807) is 0 Å². The molecule has 1 atom stereocenters. The summed E-state index contributed by atoms with van der Waals surface area (Å²) in [6.07, 6.45) is 0.496. The van der Waals surface area contributed by atoms with Gasteiger partial charge >= 0.3 is 5.97 Å². The normalized spacial score (nSPS) is 18.4. The number of carbonyl (C=O) groups excluding carboxylic acids is 2. The number of aromatic nitrogens is 1. The van der Waals surface area contributed by atoms with E-state index in [9.17, 15) is 18.4 Å². The summed E-state index contributed by atoms with van der Waals surface area (Å²) in [6.45, 7) is 0.555. The van der Waals surface area contributed by atoms with Gasteiger partial charge in [0.2, 0.25) is 5.95 Å². The van der Waals surface area contributed by atoms with E-state index < -0.39 is 29.7 Å². The van der Waals surface area contributed by atoms with Crippen molar-refractivity contribution >= 4 is 11.9 Å². The van der Waals surface area contributed by atoms with Crippen LogP contribution < -0.4 is 0 Å². The third kappa shape index (κ3) is 3.52. The largest absolute Gasteiger partial charge is 0.469 e. The summed E-state index contributed by atoms with van der Waals surface area (Å²) in [5.74, 6) is -3.72. The number of ether oxygens (including phenoxy) is 2. The van der Waals surface area contributed by atoms with Crippen molar-refractivity contribution in [3.8, 4) is 0 Å². The average molecular weight is 300 g/mol. The van der Waals surface area contributed by atoms with Gasteiger partial charge in [0.15, 0.2) is 5.82 Å². The zero-order valence-electron chi connectivity index (χ0n) is 11.3. The first-order valence-electron chi connectivity index (χ1n) is 6.30. The van der Waals surface area contributed by atoms with Gasteiger partial charge in [-0.25, -0.2) is 9.37 Å². The van der Waals surface area contributed by atoms with Crippen LogP contribution in [0.15, 0.2) is 12.3 Å². The maximum absolute atomic E-state index is 13.6. The number of esters is 1. The molecule has 1 fully saturated rings. The second-order valence-corrected chi connectivity index (χ2v) is 4.49. The topological polar surface area (TPSA) is 68.7 Å². The summed E-state index contributed by atoms with van der Waals surface area (Å²) < 4.78 is 36.5. The number of amides is 1. The molecule has 1 aliphatic heterocycles.